The van der Waals surface area contributed by atoms with Crippen LogP contribution in [0, 0.1) is 11.8 Å². The summed E-state index contributed by atoms with van der Waals surface area (Å²) < 4.78 is 5.27. The maximum Gasteiger partial charge on any atom is 0.244 e. The summed E-state index contributed by atoms with van der Waals surface area (Å²) in [6.07, 6.45) is 0. The number of nitrogens with two attached hydrogens (primary N) is 1. The van der Waals surface area contributed by atoms with Gasteiger partial charge in [-0.3, -0.25) is 9.59 Å². The zero-order valence-corrected chi connectivity index (χ0v) is 16.2. The standard InChI is InChI=1S/C21H20N2O7/c1-21(20(28)29)16-15(17(22-21)11-8-7-10(24)9-13(11)25)18(26)23(19(16)27)12-5-3-4-6-14(12)30-2/h3-9,15-17,22,24-25H,1-2H3,(H,28,29)/t15-,16+,17-,21-/m0/s1. The van der Waals surface area contributed by atoms with Crippen LogP contribution in [0.15, 0.2) is 42.5 Å². The summed E-state index contributed by atoms with van der Waals surface area (Å²) in [6.45, 7) is 1.34. The summed E-state index contributed by atoms with van der Waals surface area (Å²) >= 11 is 0. The number of ether oxygens (including phenoxy) is 1. The Kier molecular flexibility index (Phi) is 4.43. The first-order valence-electron chi connectivity index (χ1n) is 9.31. The molecule has 2 aliphatic heterocycles. The van der Waals surface area contributed by atoms with Gasteiger partial charge >= 0.3 is 0 Å². The molecule has 4 rings (SSSR count). The highest BCUT2D eigenvalue weighted by Crippen LogP contribution is 2.48. The van der Waals surface area contributed by atoms with Gasteiger partial charge in [0.25, 0.3) is 0 Å². The highest BCUT2D eigenvalue weighted by atomic mass is 16.5. The normalized spacial score (nSPS) is 27.9. The Hall–Kier alpha value is -3.59. The summed E-state index contributed by atoms with van der Waals surface area (Å²) in [6, 6.07) is 9.44. The molecule has 0 spiro atoms. The van der Waals surface area contributed by atoms with Gasteiger partial charge in [0.15, 0.2) is 0 Å². The Balaban J connectivity index is 1.86. The Morgan fingerprint density at radius 3 is 2.50 bits per heavy atom. The van der Waals surface area contributed by atoms with Gasteiger partial charge in [0.05, 0.1) is 18.4 Å². The average molecular weight is 412 g/mol. The smallest absolute Gasteiger partial charge is 0.244 e. The first-order chi connectivity index (χ1) is 14.2. The number of phenolic OH excluding ortho intramolecular Hbond substituents is 2. The number of fused-ring (bicyclic) bond motifs is 1. The zero-order chi connectivity index (χ0) is 21.8. The van der Waals surface area contributed by atoms with Crippen LogP contribution in [0.3, 0.4) is 0 Å². The number of aliphatic carboxylic acids is 1. The van der Waals surface area contributed by atoms with E-state index in [0.29, 0.717) is 5.75 Å². The Bertz CT molecular complexity index is 1070. The van der Waals surface area contributed by atoms with Gasteiger partial charge in [-0.15, -0.1) is 0 Å². The van der Waals surface area contributed by atoms with Crippen molar-refractivity contribution in [2.24, 2.45) is 11.8 Å². The Morgan fingerprint density at radius 1 is 1.17 bits per heavy atom. The molecule has 30 heavy (non-hydrogen) atoms. The molecule has 9 heteroatoms. The number of benzene rings is 2. The van der Waals surface area contributed by atoms with Crippen LogP contribution >= 0.6 is 0 Å². The minimum Gasteiger partial charge on any atom is -0.544 e. The third kappa shape index (κ3) is 2.62. The summed E-state index contributed by atoms with van der Waals surface area (Å²) in [5.74, 6) is -5.19. The van der Waals surface area contributed by atoms with E-state index in [1.807, 2.05) is 0 Å². The van der Waals surface area contributed by atoms with Gasteiger partial charge in [-0.05, 0) is 31.2 Å². The number of hydrogen-bond donors (Lipinski definition) is 3. The van der Waals surface area contributed by atoms with Crippen LogP contribution in [-0.2, 0) is 14.4 Å². The minimum atomic E-state index is -1.73. The van der Waals surface area contributed by atoms with E-state index in [1.54, 1.807) is 24.3 Å². The lowest BCUT2D eigenvalue weighted by molar-refractivity contribution is -0.735. The van der Waals surface area contributed by atoms with Crippen LogP contribution in [0.4, 0.5) is 5.69 Å². The van der Waals surface area contributed by atoms with E-state index in [1.165, 1.54) is 31.5 Å². The molecule has 2 aromatic rings. The van der Waals surface area contributed by atoms with E-state index < -0.39 is 41.2 Å². The van der Waals surface area contributed by atoms with E-state index in [2.05, 4.69) is 0 Å². The fraction of sp³-hybridized carbons (Fsp3) is 0.286. The molecule has 0 saturated carbocycles. The van der Waals surface area contributed by atoms with Crippen molar-refractivity contribution in [2.45, 2.75) is 18.5 Å². The fourth-order valence-electron chi connectivity index (χ4n) is 4.61. The molecular formula is C21H20N2O7. The number of carboxylic acid groups (broad SMARTS) is 1. The van der Waals surface area contributed by atoms with E-state index in [0.717, 1.165) is 11.0 Å². The third-order valence-corrected chi connectivity index (χ3v) is 6.05. The van der Waals surface area contributed by atoms with Crippen LogP contribution in [-0.4, -0.2) is 40.6 Å². The van der Waals surface area contributed by atoms with Crippen molar-refractivity contribution in [1.29, 1.82) is 0 Å². The lowest BCUT2D eigenvalue weighted by atomic mass is 9.80. The number of aromatic hydroxyl groups is 2. The summed E-state index contributed by atoms with van der Waals surface area (Å²) in [7, 11) is 1.40. The predicted octanol–water partition coefficient (Wildman–Crippen LogP) is -0.961. The second-order valence-corrected chi connectivity index (χ2v) is 7.69. The van der Waals surface area contributed by atoms with Crippen LogP contribution < -0.4 is 20.1 Å². The molecule has 2 aromatic carbocycles. The number of amides is 2. The molecule has 2 aliphatic rings. The molecule has 0 aliphatic carbocycles. The van der Waals surface area contributed by atoms with Crippen molar-refractivity contribution < 1.29 is 39.8 Å². The molecule has 4 atom stereocenters. The van der Waals surface area contributed by atoms with Crippen LogP contribution in [0.5, 0.6) is 17.2 Å². The second-order valence-electron chi connectivity index (χ2n) is 7.69. The fourth-order valence-corrected chi connectivity index (χ4v) is 4.61. The molecule has 4 N–H and O–H groups in total. The molecule has 9 nitrogen and oxygen atoms in total. The minimum absolute atomic E-state index is 0.182. The molecule has 156 valence electrons. The van der Waals surface area contributed by atoms with Crippen LogP contribution in [0.1, 0.15) is 18.5 Å². The molecule has 0 aromatic heterocycles. The maximum atomic E-state index is 13.4. The van der Waals surface area contributed by atoms with Crippen molar-refractivity contribution >= 4 is 23.5 Å². The number of imide groups is 1. The van der Waals surface area contributed by atoms with E-state index in [-0.39, 0.29) is 22.7 Å². The van der Waals surface area contributed by atoms with Crippen molar-refractivity contribution in [3.05, 3.63) is 48.0 Å². The number of quaternary nitrogens is 1. The average Bonchev–Trinajstić information content (AvgIpc) is 3.16. The van der Waals surface area contributed by atoms with Crippen molar-refractivity contribution in [3.63, 3.8) is 0 Å². The number of hydrogen-bond acceptors (Lipinski definition) is 7. The number of para-hydroxylation sites is 2. The SMILES string of the molecule is COc1ccccc1N1C(=O)[C@@H]2[C@H](c3ccc(O)cc3O)[NH2+][C@](C)(C(=O)[O-])[C@H]2C1=O. The predicted molar refractivity (Wildman–Crippen MR) is 100 cm³/mol. The molecular weight excluding hydrogens is 392 g/mol. The highest BCUT2D eigenvalue weighted by molar-refractivity contribution is 6.24. The largest absolute Gasteiger partial charge is 0.544 e. The number of anilines is 1. The van der Waals surface area contributed by atoms with E-state index in [4.69, 9.17) is 4.74 Å². The van der Waals surface area contributed by atoms with Gasteiger partial charge in [-0.25, -0.2) is 4.90 Å². The molecule has 2 fully saturated rings. The van der Waals surface area contributed by atoms with Crippen molar-refractivity contribution in [2.75, 3.05) is 12.0 Å². The van der Waals surface area contributed by atoms with Crippen LogP contribution in [0.25, 0.3) is 0 Å². The number of carboxylic acids is 1. The molecule has 0 bridgehead atoms. The summed E-state index contributed by atoms with van der Waals surface area (Å²) in [4.78, 5) is 39.8. The highest BCUT2D eigenvalue weighted by Gasteiger charge is 2.68. The lowest BCUT2D eigenvalue weighted by Gasteiger charge is -2.29. The third-order valence-electron chi connectivity index (χ3n) is 6.05. The Morgan fingerprint density at radius 2 is 1.87 bits per heavy atom. The van der Waals surface area contributed by atoms with Gasteiger partial charge in [-0.1, -0.05) is 12.1 Å². The van der Waals surface area contributed by atoms with Crippen molar-refractivity contribution in [3.8, 4) is 17.2 Å². The molecule has 0 unspecified atom stereocenters. The lowest BCUT2D eigenvalue weighted by Crippen LogP contribution is -2.98. The number of methoxy groups -OCH3 is 1. The quantitative estimate of drug-likeness (QED) is 0.549. The van der Waals surface area contributed by atoms with Gasteiger partial charge in [0, 0.05) is 6.07 Å². The van der Waals surface area contributed by atoms with Gasteiger partial charge in [-0.2, -0.15) is 0 Å². The topological polar surface area (TPSA) is 144 Å². The molecule has 2 saturated heterocycles. The Labute approximate surface area is 171 Å². The number of carbonyl (C=O) groups excluding carboxylic acids is 3. The second kappa shape index (κ2) is 6.74. The number of rotatable bonds is 4. The maximum absolute atomic E-state index is 13.4. The monoisotopic (exact) mass is 412 g/mol. The van der Waals surface area contributed by atoms with Crippen molar-refractivity contribution in [1.82, 2.24) is 0 Å². The van der Waals surface area contributed by atoms with E-state index in [9.17, 15) is 29.7 Å². The summed E-state index contributed by atoms with van der Waals surface area (Å²) in [5, 5.41) is 33.3. The number of phenols is 2. The first-order valence-corrected chi connectivity index (χ1v) is 9.31. The molecule has 2 amide bonds. The number of carbonyl (C=O) groups is 3. The van der Waals surface area contributed by atoms with Crippen LogP contribution in [0.2, 0.25) is 0 Å². The molecule has 2 heterocycles. The van der Waals surface area contributed by atoms with E-state index >= 15 is 0 Å². The summed E-state index contributed by atoms with van der Waals surface area (Å²) in [5.41, 5.74) is -1.27. The van der Waals surface area contributed by atoms with Gasteiger partial charge in [0.1, 0.15) is 46.6 Å². The number of nitrogens with zero attached hydrogens (tertiary/aromatic N) is 1. The van der Waals surface area contributed by atoms with Gasteiger partial charge in [0.2, 0.25) is 11.8 Å². The zero-order valence-electron chi connectivity index (χ0n) is 16.2. The van der Waals surface area contributed by atoms with Gasteiger partial charge < -0.3 is 30.2 Å². The first kappa shape index (κ1) is 19.7. The molecule has 0 radical (unpaired) electrons.